The standard InChI is InChI=1S/C10H15N7O2S/c1-2-3-5(9(18)19)6(8-13-16-17-14-8)4-7-12-15-10(11)20-7/h5-6H,2-4H2,1H3,(H2,11,15)(H,18,19)(H,13,14,16,17). The number of tetrazole rings is 1. The van der Waals surface area contributed by atoms with Crippen molar-refractivity contribution in [1.82, 2.24) is 30.8 Å². The van der Waals surface area contributed by atoms with Crippen molar-refractivity contribution in [3.63, 3.8) is 0 Å². The highest BCUT2D eigenvalue weighted by atomic mass is 32.1. The molecule has 2 unspecified atom stereocenters. The normalized spacial score (nSPS) is 14.1. The minimum atomic E-state index is -0.876. The molecule has 0 spiro atoms. The van der Waals surface area contributed by atoms with Crippen LogP contribution in [0.2, 0.25) is 0 Å². The fourth-order valence-corrected chi connectivity index (χ4v) is 2.75. The smallest absolute Gasteiger partial charge is 0.307 e. The predicted octanol–water partition coefficient (Wildman–Crippen LogP) is 0.461. The third-order valence-electron chi connectivity index (χ3n) is 2.97. The van der Waals surface area contributed by atoms with Crippen molar-refractivity contribution in [2.45, 2.75) is 32.1 Å². The number of anilines is 1. The van der Waals surface area contributed by atoms with Crippen LogP contribution in [0.1, 0.15) is 36.5 Å². The fourth-order valence-electron chi connectivity index (χ4n) is 2.09. The summed E-state index contributed by atoms with van der Waals surface area (Å²) in [5, 5.41) is 31.8. The number of H-pyrrole nitrogens is 1. The van der Waals surface area contributed by atoms with Gasteiger partial charge in [0, 0.05) is 12.3 Å². The molecule has 108 valence electrons. The van der Waals surface area contributed by atoms with Crippen molar-refractivity contribution in [3.8, 4) is 0 Å². The Morgan fingerprint density at radius 1 is 1.45 bits per heavy atom. The molecule has 0 aliphatic carbocycles. The summed E-state index contributed by atoms with van der Waals surface area (Å²) in [5.41, 5.74) is 5.55. The number of hydrogen-bond donors (Lipinski definition) is 3. The first-order valence-electron chi connectivity index (χ1n) is 6.15. The molecule has 0 bridgehead atoms. The molecule has 2 atom stereocenters. The zero-order chi connectivity index (χ0) is 14.5. The molecule has 0 aliphatic heterocycles. The van der Waals surface area contributed by atoms with Crippen LogP contribution in [0, 0.1) is 5.92 Å². The van der Waals surface area contributed by atoms with E-state index in [1.54, 1.807) is 0 Å². The van der Waals surface area contributed by atoms with Crippen LogP contribution in [0.3, 0.4) is 0 Å². The molecule has 20 heavy (non-hydrogen) atoms. The molecule has 4 N–H and O–H groups in total. The van der Waals surface area contributed by atoms with Crippen molar-refractivity contribution in [3.05, 3.63) is 10.8 Å². The van der Waals surface area contributed by atoms with E-state index in [1.165, 1.54) is 11.3 Å². The van der Waals surface area contributed by atoms with Gasteiger partial charge in [-0.1, -0.05) is 29.9 Å². The molecule has 0 aromatic carbocycles. The minimum absolute atomic E-state index is 0.356. The van der Waals surface area contributed by atoms with Gasteiger partial charge < -0.3 is 10.8 Å². The Balaban J connectivity index is 2.26. The van der Waals surface area contributed by atoms with Gasteiger partial charge >= 0.3 is 5.97 Å². The highest BCUT2D eigenvalue weighted by Crippen LogP contribution is 2.30. The lowest BCUT2D eigenvalue weighted by Gasteiger charge is -2.19. The average Bonchev–Trinajstić information content (AvgIpc) is 3.04. The second kappa shape index (κ2) is 6.37. The van der Waals surface area contributed by atoms with Gasteiger partial charge in [-0.05, 0) is 6.42 Å². The van der Waals surface area contributed by atoms with E-state index in [2.05, 4.69) is 30.8 Å². The summed E-state index contributed by atoms with van der Waals surface area (Å²) in [6.07, 6.45) is 1.66. The molecule has 2 aromatic rings. The van der Waals surface area contributed by atoms with Gasteiger partial charge in [-0.2, -0.15) is 5.21 Å². The molecule has 2 heterocycles. The van der Waals surface area contributed by atoms with Crippen LogP contribution in [-0.4, -0.2) is 41.9 Å². The van der Waals surface area contributed by atoms with Crippen LogP contribution < -0.4 is 5.73 Å². The summed E-state index contributed by atoms with van der Waals surface area (Å²) in [6.45, 7) is 1.94. The van der Waals surface area contributed by atoms with Gasteiger partial charge in [-0.25, -0.2) is 0 Å². The van der Waals surface area contributed by atoms with Gasteiger partial charge in [-0.3, -0.25) is 4.79 Å². The number of aromatic nitrogens is 6. The zero-order valence-electron chi connectivity index (χ0n) is 10.9. The van der Waals surface area contributed by atoms with Crippen molar-refractivity contribution < 1.29 is 9.90 Å². The maximum absolute atomic E-state index is 11.5. The lowest BCUT2D eigenvalue weighted by molar-refractivity contribution is -0.142. The number of nitrogens with two attached hydrogens (primary N) is 1. The van der Waals surface area contributed by atoms with E-state index in [9.17, 15) is 9.90 Å². The van der Waals surface area contributed by atoms with Crippen LogP contribution >= 0.6 is 11.3 Å². The average molecular weight is 297 g/mol. The third kappa shape index (κ3) is 3.26. The molecule has 2 rings (SSSR count). The summed E-state index contributed by atoms with van der Waals surface area (Å²) in [6, 6.07) is 0. The number of aromatic amines is 1. The van der Waals surface area contributed by atoms with Crippen LogP contribution in [0.5, 0.6) is 0 Å². The number of nitrogen functional groups attached to an aromatic ring is 1. The van der Waals surface area contributed by atoms with Crippen LogP contribution in [0.25, 0.3) is 0 Å². The fraction of sp³-hybridized carbons (Fsp3) is 0.600. The number of rotatable bonds is 7. The van der Waals surface area contributed by atoms with Gasteiger partial charge in [0.15, 0.2) is 5.82 Å². The Bertz CT molecular complexity index is 556. The number of hydrogen-bond acceptors (Lipinski definition) is 8. The first-order valence-corrected chi connectivity index (χ1v) is 6.97. The number of carbonyl (C=O) groups is 1. The Hall–Kier alpha value is -2.10. The first-order chi connectivity index (χ1) is 9.61. The van der Waals surface area contributed by atoms with Crippen molar-refractivity contribution in [2.24, 2.45) is 5.92 Å². The third-order valence-corrected chi connectivity index (χ3v) is 3.75. The van der Waals surface area contributed by atoms with E-state index in [0.29, 0.717) is 28.8 Å². The first kappa shape index (κ1) is 14.3. The van der Waals surface area contributed by atoms with Crippen LogP contribution in [0.15, 0.2) is 0 Å². The topological polar surface area (TPSA) is 144 Å². The van der Waals surface area contributed by atoms with E-state index in [1.807, 2.05) is 6.92 Å². The van der Waals surface area contributed by atoms with Crippen molar-refractivity contribution >= 4 is 22.4 Å². The number of carboxylic acids is 1. The molecule has 0 fully saturated rings. The molecule has 10 heteroatoms. The predicted molar refractivity (Wildman–Crippen MR) is 71.0 cm³/mol. The Kier molecular flexibility index (Phi) is 4.56. The number of nitrogens with zero attached hydrogens (tertiary/aromatic N) is 5. The molecular formula is C10H15N7O2S. The van der Waals surface area contributed by atoms with E-state index in [4.69, 9.17) is 5.73 Å². The highest BCUT2D eigenvalue weighted by Gasteiger charge is 2.32. The zero-order valence-corrected chi connectivity index (χ0v) is 11.7. The molecule has 0 saturated carbocycles. The van der Waals surface area contributed by atoms with Gasteiger partial charge in [0.25, 0.3) is 0 Å². The van der Waals surface area contributed by atoms with Gasteiger partial charge in [0.1, 0.15) is 5.01 Å². The van der Waals surface area contributed by atoms with Crippen LogP contribution in [-0.2, 0) is 11.2 Å². The van der Waals surface area contributed by atoms with Crippen LogP contribution in [0.4, 0.5) is 5.13 Å². The van der Waals surface area contributed by atoms with E-state index >= 15 is 0 Å². The summed E-state index contributed by atoms with van der Waals surface area (Å²) < 4.78 is 0. The SMILES string of the molecule is CCCC(C(=O)O)C(Cc1nnc(N)s1)c1nn[nH]n1. The molecule has 0 amide bonds. The molecule has 2 aromatic heterocycles. The Labute approximate surface area is 118 Å². The van der Waals surface area contributed by atoms with E-state index in [0.717, 1.165) is 6.42 Å². The lowest BCUT2D eigenvalue weighted by Crippen LogP contribution is -2.25. The highest BCUT2D eigenvalue weighted by molar-refractivity contribution is 7.15. The lowest BCUT2D eigenvalue weighted by atomic mass is 9.85. The summed E-state index contributed by atoms with van der Waals surface area (Å²) in [7, 11) is 0. The number of nitrogens with one attached hydrogen (secondary N) is 1. The Morgan fingerprint density at radius 2 is 2.25 bits per heavy atom. The van der Waals surface area contributed by atoms with Gasteiger partial charge in [0.2, 0.25) is 5.13 Å². The number of aliphatic carboxylic acids is 1. The van der Waals surface area contributed by atoms with Crippen molar-refractivity contribution in [2.75, 3.05) is 5.73 Å². The monoisotopic (exact) mass is 297 g/mol. The molecule has 9 nitrogen and oxygen atoms in total. The van der Waals surface area contributed by atoms with E-state index in [-0.39, 0.29) is 0 Å². The molecular weight excluding hydrogens is 282 g/mol. The molecule has 0 saturated heterocycles. The van der Waals surface area contributed by atoms with E-state index < -0.39 is 17.8 Å². The summed E-state index contributed by atoms with van der Waals surface area (Å²) in [4.78, 5) is 11.5. The second-order valence-electron chi connectivity index (χ2n) is 4.35. The second-order valence-corrected chi connectivity index (χ2v) is 5.44. The maximum Gasteiger partial charge on any atom is 0.307 e. The largest absolute Gasteiger partial charge is 0.481 e. The molecule has 0 aliphatic rings. The summed E-state index contributed by atoms with van der Waals surface area (Å²) in [5.74, 6) is -1.50. The maximum atomic E-state index is 11.5. The quantitative estimate of drug-likeness (QED) is 0.668. The summed E-state index contributed by atoms with van der Waals surface area (Å²) >= 11 is 1.24. The van der Waals surface area contributed by atoms with Gasteiger partial charge in [0.05, 0.1) is 5.92 Å². The van der Waals surface area contributed by atoms with Gasteiger partial charge in [-0.15, -0.1) is 20.4 Å². The Morgan fingerprint density at radius 3 is 2.75 bits per heavy atom. The minimum Gasteiger partial charge on any atom is -0.481 e. The van der Waals surface area contributed by atoms with Crippen molar-refractivity contribution in [1.29, 1.82) is 0 Å². The molecule has 0 radical (unpaired) electrons. The number of carboxylic acid groups (broad SMARTS) is 1.